The minimum atomic E-state index is -7.42. The number of halogens is 6. The van der Waals surface area contributed by atoms with Gasteiger partial charge in [0, 0.05) is 6.07 Å². The van der Waals surface area contributed by atoms with E-state index in [0.29, 0.717) is 4.90 Å². The summed E-state index contributed by atoms with van der Waals surface area (Å²) in [6.07, 6.45) is 1.77. The molecule has 0 saturated carbocycles. The molecule has 0 aliphatic carbocycles. The summed E-state index contributed by atoms with van der Waals surface area (Å²) in [6.45, 7) is 0. The first-order valence-corrected chi connectivity index (χ1v) is 15.1. The average Bonchev–Trinajstić information content (AvgIpc) is 3.21. The number of nitrogens with zero attached hydrogens (tertiary/aromatic N) is 1. The second kappa shape index (κ2) is 10.1. The van der Waals surface area contributed by atoms with Crippen LogP contribution in [0.25, 0.3) is 0 Å². The van der Waals surface area contributed by atoms with E-state index >= 15 is 0 Å². The minimum absolute atomic E-state index is 0.0639. The van der Waals surface area contributed by atoms with Crippen LogP contribution in [-0.4, -0.2) is 55.7 Å². The molecule has 0 aromatic heterocycles. The Hall–Kier alpha value is -3.08. The standard InChI is InChI=1S/C24H18F6NO6S3/c1-31-15-21(17-11-5-6-12-18(17)31)38(16-9-3-2-4-10-16)20-14-8-7-13-19(20)37-40(35,36)24(29,30)22(25,26)23(27,28)39(32,33)34/h2-15,21H,1H3/q+1. The molecule has 0 saturated heterocycles. The predicted molar refractivity (Wildman–Crippen MR) is 132 cm³/mol. The predicted octanol–water partition coefficient (Wildman–Crippen LogP) is 4.90. The Kier molecular flexibility index (Phi) is 7.53. The Bertz CT molecular complexity index is 1680. The fraction of sp³-hybridized carbons (Fsp3) is 0.208. The van der Waals surface area contributed by atoms with Crippen LogP contribution in [0.3, 0.4) is 0 Å². The zero-order valence-corrected chi connectivity index (χ0v) is 22.5. The molecular formula is C24H18F6NO6S3+. The van der Waals surface area contributed by atoms with Crippen LogP contribution in [-0.2, 0) is 31.1 Å². The highest BCUT2D eigenvalue weighted by Gasteiger charge is 2.81. The van der Waals surface area contributed by atoms with Crippen LogP contribution in [0.2, 0.25) is 0 Å². The molecule has 3 aromatic carbocycles. The second-order valence-corrected chi connectivity index (χ2v) is 13.5. The molecule has 0 spiro atoms. The van der Waals surface area contributed by atoms with E-state index in [9.17, 15) is 47.7 Å². The molecule has 0 amide bonds. The van der Waals surface area contributed by atoms with Crippen molar-refractivity contribution in [2.24, 2.45) is 0 Å². The highest BCUT2D eigenvalue weighted by Crippen LogP contribution is 2.52. The number of para-hydroxylation sites is 2. The largest absolute Gasteiger partial charge is 0.743 e. The van der Waals surface area contributed by atoms with Crippen molar-refractivity contribution in [3.63, 3.8) is 0 Å². The van der Waals surface area contributed by atoms with Gasteiger partial charge in [-0.3, -0.25) is 0 Å². The van der Waals surface area contributed by atoms with Gasteiger partial charge in [-0.15, -0.1) is 0 Å². The Labute approximate surface area is 227 Å². The summed E-state index contributed by atoms with van der Waals surface area (Å²) in [5.74, 6) is -8.07. The van der Waals surface area contributed by atoms with E-state index in [-0.39, 0.29) is 4.90 Å². The Morgan fingerprint density at radius 2 is 1.35 bits per heavy atom. The van der Waals surface area contributed by atoms with Gasteiger partial charge < -0.3 is 8.74 Å². The van der Waals surface area contributed by atoms with Crippen LogP contribution < -0.4 is 4.18 Å². The lowest BCUT2D eigenvalue weighted by Gasteiger charge is -2.32. The van der Waals surface area contributed by atoms with Gasteiger partial charge >= 0.3 is 26.5 Å². The van der Waals surface area contributed by atoms with Gasteiger partial charge in [0.05, 0.1) is 16.5 Å². The molecule has 1 heterocycles. The van der Waals surface area contributed by atoms with Crippen LogP contribution in [0.4, 0.5) is 32.0 Å². The van der Waals surface area contributed by atoms with Gasteiger partial charge in [0.2, 0.25) is 22.0 Å². The van der Waals surface area contributed by atoms with Crippen molar-refractivity contribution in [1.82, 2.24) is 0 Å². The van der Waals surface area contributed by atoms with E-state index in [0.717, 1.165) is 23.4 Å². The first-order chi connectivity index (χ1) is 18.4. The third kappa shape index (κ3) is 4.76. The highest BCUT2D eigenvalue weighted by atomic mass is 32.2. The van der Waals surface area contributed by atoms with Gasteiger partial charge in [0.1, 0.15) is 7.05 Å². The van der Waals surface area contributed by atoms with Crippen molar-refractivity contribution >= 4 is 43.0 Å². The van der Waals surface area contributed by atoms with E-state index in [1.54, 1.807) is 72.4 Å². The van der Waals surface area contributed by atoms with Crippen LogP contribution in [0.15, 0.2) is 88.7 Å². The number of hydrogen-bond donors (Lipinski definition) is 0. The Balaban J connectivity index is 1.85. The molecule has 7 nitrogen and oxygen atoms in total. The second-order valence-electron chi connectivity index (χ2n) is 8.44. The van der Waals surface area contributed by atoms with Gasteiger partial charge in [-0.2, -0.15) is 39.3 Å². The van der Waals surface area contributed by atoms with Crippen molar-refractivity contribution in [3.05, 3.63) is 84.4 Å². The van der Waals surface area contributed by atoms with E-state index in [2.05, 4.69) is 4.18 Å². The number of alkyl halides is 6. The smallest absolute Gasteiger partial charge is 0.450 e. The highest BCUT2D eigenvalue weighted by molar-refractivity contribution is 7.98. The van der Waals surface area contributed by atoms with Gasteiger partial charge in [0.25, 0.3) is 0 Å². The third-order valence-corrected chi connectivity index (χ3v) is 10.5. The molecule has 0 radical (unpaired) electrons. The summed E-state index contributed by atoms with van der Waals surface area (Å²) < 4.78 is 147. The van der Waals surface area contributed by atoms with Crippen molar-refractivity contribution in [2.45, 2.75) is 31.5 Å². The molecule has 0 fully saturated rings. The summed E-state index contributed by atoms with van der Waals surface area (Å²) in [7, 11) is -14.0. The fourth-order valence-electron chi connectivity index (χ4n) is 3.93. The Morgan fingerprint density at radius 1 is 0.800 bits per heavy atom. The molecule has 1 aliphatic heterocycles. The Morgan fingerprint density at radius 3 is 1.98 bits per heavy atom. The van der Waals surface area contributed by atoms with Crippen LogP contribution in [0.1, 0.15) is 10.8 Å². The summed E-state index contributed by atoms with van der Waals surface area (Å²) in [5.41, 5.74) is 1.53. The number of fused-ring (bicyclic) bond motifs is 1. The lowest BCUT2D eigenvalue weighted by Crippen LogP contribution is -2.61. The number of rotatable bonds is 9. The van der Waals surface area contributed by atoms with E-state index < -0.39 is 58.6 Å². The van der Waals surface area contributed by atoms with Gasteiger partial charge in [-0.25, -0.2) is 8.42 Å². The molecule has 3 aromatic rings. The van der Waals surface area contributed by atoms with E-state index in [1.807, 2.05) is 0 Å². The minimum Gasteiger partial charge on any atom is -0.743 e. The maximum atomic E-state index is 14.5. The molecule has 0 N–H and O–H groups in total. The lowest BCUT2D eigenvalue weighted by molar-refractivity contribution is -0.396. The lowest BCUT2D eigenvalue weighted by atomic mass is 10.1. The summed E-state index contributed by atoms with van der Waals surface area (Å²) in [4.78, 5) is 0.495. The molecule has 1 aliphatic rings. The monoisotopic (exact) mass is 626 g/mol. The molecule has 40 heavy (non-hydrogen) atoms. The van der Waals surface area contributed by atoms with Crippen molar-refractivity contribution < 1.29 is 56.5 Å². The summed E-state index contributed by atoms with van der Waals surface area (Å²) >= 11 is 0. The fourth-order valence-corrected chi connectivity index (χ4v) is 8.00. The molecule has 214 valence electrons. The average molecular weight is 627 g/mol. The van der Waals surface area contributed by atoms with Crippen molar-refractivity contribution in [2.75, 3.05) is 7.05 Å². The molecule has 16 heteroatoms. The maximum Gasteiger partial charge on any atom is 0.450 e. The van der Waals surface area contributed by atoms with Crippen molar-refractivity contribution in [1.29, 1.82) is 0 Å². The van der Waals surface area contributed by atoms with Crippen LogP contribution >= 0.6 is 0 Å². The number of benzene rings is 3. The third-order valence-electron chi connectivity index (χ3n) is 5.88. The van der Waals surface area contributed by atoms with Crippen LogP contribution in [0.5, 0.6) is 5.75 Å². The molecule has 2 unspecified atom stereocenters. The molecule has 4 rings (SSSR count). The first kappa shape index (κ1) is 29.9. The van der Waals surface area contributed by atoms with E-state index in [4.69, 9.17) is 0 Å². The zero-order valence-electron chi connectivity index (χ0n) is 20.0. The SMILES string of the molecule is C[N+]1=CC([S+](c2ccccc2)c2ccccc2OS(=O)(=O)C(F)(F)C(F)(F)C(F)(F)S(=O)(=O)[O-])c2ccccc21. The quantitative estimate of drug-likeness (QED) is 0.110. The maximum absolute atomic E-state index is 14.5. The van der Waals surface area contributed by atoms with Crippen LogP contribution in [0, 0.1) is 0 Å². The van der Waals surface area contributed by atoms with Gasteiger partial charge in [-0.05, 0) is 30.3 Å². The molecule has 0 bridgehead atoms. The topological polar surface area (TPSA) is 104 Å². The molecular weight excluding hydrogens is 608 g/mol. The van der Waals surface area contributed by atoms with Gasteiger partial charge in [-0.1, -0.05) is 42.5 Å². The number of hydrogen-bond acceptors (Lipinski definition) is 6. The summed E-state index contributed by atoms with van der Waals surface area (Å²) in [6, 6.07) is 20.1. The van der Waals surface area contributed by atoms with E-state index in [1.165, 1.54) is 12.1 Å². The zero-order chi connectivity index (χ0) is 29.7. The van der Waals surface area contributed by atoms with Gasteiger partial charge in [0.15, 0.2) is 20.8 Å². The first-order valence-electron chi connectivity index (χ1n) is 11.0. The molecule has 2 atom stereocenters. The normalized spacial score (nSPS) is 17.2. The van der Waals surface area contributed by atoms with Crippen molar-refractivity contribution in [3.8, 4) is 5.75 Å². The summed E-state index contributed by atoms with van der Waals surface area (Å²) in [5, 5.41) is -14.4.